The van der Waals surface area contributed by atoms with Crippen molar-refractivity contribution in [2.75, 3.05) is 39.6 Å². The van der Waals surface area contributed by atoms with Crippen LogP contribution in [0.25, 0.3) is 0 Å². The second kappa shape index (κ2) is 60.8. The summed E-state index contributed by atoms with van der Waals surface area (Å²) < 4.78 is 68.2. The number of aliphatic hydroxyl groups is 1. The van der Waals surface area contributed by atoms with Gasteiger partial charge in [0, 0.05) is 25.7 Å². The first-order valence-corrected chi connectivity index (χ1v) is 38.3. The highest BCUT2D eigenvalue weighted by molar-refractivity contribution is 7.47. The van der Waals surface area contributed by atoms with E-state index in [2.05, 4.69) is 65.8 Å². The highest BCUT2D eigenvalue weighted by atomic mass is 31.2. The van der Waals surface area contributed by atoms with Crippen molar-refractivity contribution in [1.82, 2.24) is 0 Å². The Bertz CT molecular complexity index is 1810. The molecule has 3 N–H and O–H groups in total. The molecule has 88 heavy (non-hydrogen) atoms. The molecule has 0 aromatic rings. The van der Waals surface area contributed by atoms with Crippen LogP contribution in [0.1, 0.15) is 324 Å². The molecule has 0 spiro atoms. The van der Waals surface area contributed by atoms with Crippen molar-refractivity contribution in [3.05, 3.63) is 24.3 Å². The first-order valence-electron chi connectivity index (χ1n) is 35.3. The Balaban J connectivity index is 5.29. The molecule has 0 aliphatic heterocycles. The van der Waals surface area contributed by atoms with Crippen molar-refractivity contribution in [1.29, 1.82) is 0 Å². The monoisotopic (exact) mass is 1290 g/mol. The van der Waals surface area contributed by atoms with E-state index in [9.17, 15) is 43.2 Å². The summed E-state index contributed by atoms with van der Waals surface area (Å²) >= 11 is 0. The predicted octanol–water partition coefficient (Wildman–Crippen LogP) is 19.2. The van der Waals surface area contributed by atoms with Crippen molar-refractivity contribution in [2.24, 2.45) is 11.8 Å². The number of aliphatic hydroxyl groups excluding tert-OH is 1. The lowest BCUT2D eigenvalue weighted by molar-refractivity contribution is -0.161. The molecule has 0 radical (unpaired) electrons. The van der Waals surface area contributed by atoms with Gasteiger partial charge >= 0.3 is 39.5 Å². The number of carbonyl (C=O) groups excluding carboxylic acids is 4. The average molecular weight is 1290 g/mol. The lowest BCUT2D eigenvalue weighted by Gasteiger charge is -2.21. The van der Waals surface area contributed by atoms with Crippen molar-refractivity contribution in [3.63, 3.8) is 0 Å². The van der Waals surface area contributed by atoms with Crippen LogP contribution in [0.3, 0.4) is 0 Å². The highest BCUT2D eigenvalue weighted by Crippen LogP contribution is 2.45. The molecule has 19 heteroatoms. The van der Waals surface area contributed by atoms with Gasteiger partial charge < -0.3 is 33.8 Å². The Labute approximate surface area is 535 Å². The van der Waals surface area contributed by atoms with Crippen LogP contribution < -0.4 is 0 Å². The molecule has 0 heterocycles. The Hall–Kier alpha value is -2.46. The molecule has 0 fully saturated rings. The molecule has 3 unspecified atom stereocenters. The minimum Gasteiger partial charge on any atom is -0.462 e. The van der Waals surface area contributed by atoms with Gasteiger partial charge in [-0.15, -0.1) is 0 Å². The van der Waals surface area contributed by atoms with E-state index in [4.69, 9.17) is 37.0 Å². The summed E-state index contributed by atoms with van der Waals surface area (Å²) in [6.45, 7) is 9.38. The van der Waals surface area contributed by atoms with Crippen LogP contribution in [0.5, 0.6) is 0 Å². The van der Waals surface area contributed by atoms with E-state index in [0.717, 1.165) is 115 Å². The Morgan fingerprint density at radius 2 is 0.670 bits per heavy atom. The zero-order valence-corrected chi connectivity index (χ0v) is 58.3. The number of allylic oxidation sites excluding steroid dienone is 4. The summed E-state index contributed by atoms with van der Waals surface area (Å²) in [7, 11) is -9.91. The fraction of sp³-hybridized carbons (Fsp3) is 0.884. The zero-order valence-electron chi connectivity index (χ0n) is 56.5. The Morgan fingerprint density at radius 1 is 0.375 bits per heavy atom. The minimum atomic E-state index is -4.96. The minimum absolute atomic E-state index is 0.0843. The molecule has 518 valence electrons. The van der Waals surface area contributed by atoms with E-state index < -0.39 is 97.5 Å². The number of rotatable bonds is 66. The van der Waals surface area contributed by atoms with Gasteiger partial charge in [0.1, 0.15) is 19.3 Å². The molecule has 0 aromatic heterocycles. The van der Waals surface area contributed by atoms with Gasteiger partial charge in [0.2, 0.25) is 0 Å². The number of phosphoric ester groups is 2. The largest absolute Gasteiger partial charge is 0.472 e. The third-order valence-electron chi connectivity index (χ3n) is 15.7. The van der Waals surface area contributed by atoms with Crippen molar-refractivity contribution >= 4 is 39.5 Å². The summed E-state index contributed by atoms with van der Waals surface area (Å²) in [5.41, 5.74) is 0. The standard InChI is InChI=1S/C69H130O17P2/c1-7-10-12-14-16-18-20-22-23-24-26-28-34-42-48-54-69(74)85-64(57-79-66(71)51-45-39-32-30-29-31-38-44-50-62(6)9-3)59-83-87(75,76)81-55-63(70)56-82-88(77,78)84-60-65(58-80-67(72)52-46-40-36-35-37-43-49-61(4)5)86-68(73)53-47-41-33-27-25-21-19-17-15-13-11-8-2/h18,20,22-23,61-65,70H,7-17,19,21,24-60H2,1-6H3,(H,75,76)(H,77,78)/b20-18-,23-22-/t62?,63-,64-,65-/m1/s1. The lowest BCUT2D eigenvalue weighted by atomic mass is 9.99. The molecule has 0 amide bonds. The molecule has 0 bridgehead atoms. The maximum absolute atomic E-state index is 13.0. The van der Waals surface area contributed by atoms with Gasteiger partial charge in [-0.25, -0.2) is 9.13 Å². The maximum Gasteiger partial charge on any atom is 0.472 e. The molecule has 6 atom stereocenters. The highest BCUT2D eigenvalue weighted by Gasteiger charge is 2.30. The second-order valence-electron chi connectivity index (χ2n) is 24.9. The quantitative estimate of drug-likeness (QED) is 0.0169. The van der Waals surface area contributed by atoms with E-state index in [1.165, 1.54) is 122 Å². The van der Waals surface area contributed by atoms with Crippen LogP contribution in [0.15, 0.2) is 24.3 Å². The van der Waals surface area contributed by atoms with Gasteiger partial charge in [-0.2, -0.15) is 0 Å². The fourth-order valence-corrected chi connectivity index (χ4v) is 11.4. The molecular weight excluding hydrogens is 1160 g/mol. The van der Waals surface area contributed by atoms with E-state index in [1.807, 2.05) is 0 Å². The molecule has 0 aliphatic rings. The van der Waals surface area contributed by atoms with Crippen molar-refractivity contribution < 1.29 is 80.2 Å². The van der Waals surface area contributed by atoms with Gasteiger partial charge in [0.05, 0.1) is 26.4 Å². The molecule has 0 saturated carbocycles. The number of hydrogen-bond acceptors (Lipinski definition) is 15. The normalized spacial score (nSPS) is 14.7. The first-order chi connectivity index (χ1) is 42.4. The molecule has 0 aliphatic carbocycles. The Kier molecular flexibility index (Phi) is 59.1. The van der Waals surface area contributed by atoms with Crippen LogP contribution in [0.2, 0.25) is 0 Å². The topological polar surface area (TPSA) is 237 Å². The van der Waals surface area contributed by atoms with E-state index in [0.29, 0.717) is 31.6 Å². The van der Waals surface area contributed by atoms with E-state index in [-0.39, 0.29) is 25.7 Å². The zero-order chi connectivity index (χ0) is 65.0. The van der Waals surface area contributed by atoms with E-state index in [1.54, 1.807) is 0 Å². The molecular formula is C69H130O17P2. The van der Waals surface area contributed by atoms with Crippen LogP contribution in [-0.2, 0) is 65.4 Å². The maximum atomic E-state index is 13.0. The first kappa shape index (κ1) is 85.5. The third-order valence-corrected chi connectivity index (χ3v) is 17.6. The van der Waals surface area contributed by atoms with Crippen molar-refractivity contribution in [3.8, 4) is 0 Å². The summed E-state index contributed by atoms with van der Waals surface area (Å²) in [4.78, 5) is 72.4. The summed E-state index contributed by atoms with van der Waals surface area (Å²) in [6, 6.07) is 0. The van der Waals surface area contributed by atoms with Gasteiger partial charge in [-0.05, 0) is 63.2 Å². The Morgan fingerprint density at radius 3 is 1.02 bits per heavy atom. The number of esters is 4. The van der Waals surface area contributed by atoms with Crippen molar-refractivity contribution in [2.45, 2.75) is 342 Å². The van der Waals surface area contributed by atoms with Crippen LogP contribution in [0.4, 0.5) is 0 Å². The molecule has 0 rings (SSSR count). The van der Waals surface area contributed by atoms with Gasteiger partial charge in [-0.3, -0.25) is 37.3 Å². The fourth-order valence-electron chi connectivity index (χ4n) is 9.84. The van der Waals surface area contributed by atoms with Gasteiger partial charge in [0.25, 0.3) is 0 Å². The molecule has 0 aromatic carbocycles. The van der Waals surface area contributed by atoms with Crippen LogP contribution in [0, 0.1) is 11.8 Å². The lowest BCUT2D eigenvalue weighted by Crippen LogP contribution is -2.30. The third kappa shape index (κ3) is 61.1. The van der Waals surface area contributed by atoms with Gasteiger partial charge in [0.15, 0.2) is 12.2 Å². The average Bonchev–Trinajstić information content (AvgIpc) is 3.66. The number of hydrogen-bond donors (Lipinski definition) is 3. The molecule has 17 nitrogen and oxygen atoms in total. The number of carbonyl (C=O) groups is 4. The SMILES string of the molecule is CCCCCC/C=C\C=C/CCCCCCCC(=O)O[C@H](COC(=O)CCCCCCCCCCC(C)CC)COP(=O)(O)OC[C@@H](O)COP(=O)(O)OC[C@@H](COC(=O)CCCCCCCCC(C)C)OC(=O)CCCCCCCCCCCCCC. The summed E-state index contributed by atoms with van der Waals surface area (Å²) in [6.07, 6.45) is 48.0. The molecule has 0 saturated heterocycles. The summed E-state index contributed by atoms with van der Waals surface area (Å²) in [5, 5.41) is 10.6. The summed E-state index contributed by atoms with van der Waals surface area (Å²) in [5.74, 6) is -0.706. The number of unbranched alkanes of at least 4 members (excludes halogenated alkanes) is 32. The van der Waals surface area contributed by atoms with Crippen LogP contribution >= 0.6 is 15.6 Å². The van der Waals surface area contributed by atoms with E-state index >= 15 is 0 Å². The number of phosphoric acid groups is 2. The second-order valence-corrected chi connectivity index (χ2v) is 27.9. The predicted molar refractivity (Wildman–Crippen MR) is 354 cm³/mol. The number of ether oxygens (including phenoxy) is 4. The van der Waals surface area contributed by atoms with Crippen LogP contribution in [-0.4, -0.2) is 96.7 Å². The smallest absolute Gasteiger partial charge is 0.462 e. The van der Waals surface area contributed by atoms with Gasteiger partial charge in [-0.1, -0.05) is 271 Å².